The third-order valence-electron chi connectivity index (χ3n) is 1.32. The minimum atomic E-state index is -0.935. The largest absolute Gasteiger partial charge is 0.479 e. The van der Waals surface area contributed by atoms with Crippen LogP contribution in [0.25, 0.3) is 0 Å². The average molecular weight is 185 g/mol. The number of carboxylic acids is 1. The molecule has 4 heteroatoms. The van der Waals surface area contributed by atoms with Gasteiger partial charge in [-0.3, -0.25) is 4.99 Å². The number of nitrogens with zero attached hydrogens (tertiary/aromatic N) is 1. The van der Waals surface area contributed by atoms with E-state index in [1.54, 1.807) is 0 Å². The predicted molar refractivity (Wildman–Crippen MR) is 51.0 cm³/mol. The first kappa shape index (κ1) is 11.7. The third-order valence-corrected chi connectivity index (χ3v) is 1.32. The number of ether oxygens (including phenoxy) is 1. The Kier molecular flexibility index (Phi) is 5.59. The second kappa shape index (κ2) is 6.22. The van der Waals surface area contributed by atoms with Crippen molar-refractivity contribution in [2.45, 2.75) is 20.3 Å². The Hall–Kier alpha value is -1.32. The zero-order valence-electron chi connectivity index (χ0n) is 8.04. The van der Waals surface area contributed by atoms with Gasteiger partial charge in [0.2, 0.25) is 0 Å². The fourth-order valence-corrected chi connectivity index (χ4v) is 0.593. The van der Waals surface area contributed by atoms with E-state index >= 15 is 0 Å². The molecule has 1 rings (SSSR count). The number of aliphatic carboxylic acids is 1. The van der Waals surface area contributed by atoms with E-state index in [1.807, 2.05) is 6.92 Å². The fraction of sp³-hybridized carbons (Fsp3) is 0.556. The summed E-state index contributed by atoms with van der Waals surface area (Å²) in [4.78, 5) is 13.6. The van der Waals surface area contributed by atoms with Crippen LogP contribution >= 0.6 is 0 Å². The van der Waals surface area contributed by atoms with Crippen LogP contribution in [-0.4, -0.2) is 30.1 Å². The van der Waals surface area contributed by atoms with Crippen LogP contribution in [0.1, 0.15) is 20.3 Å². The van der Waals surface area contributed by atoms with E-state index < -0.39 is 5.97 Å². The summed E-state index contributed by atoms with van der Waals surface area (Å²) in [6, 6.07) is 0. The number of carbonyl (C=O) groups is 1. The van der Waals surface area contributed by atoms with Crippen LogP contribution in [0.4, 0.5) is 0 Å². The van der Waals surface area contributed by atoms with Crippen LogP contribution in [0, 0.1) is 0 Å². The number of aliphatic imine (C=N–C) groups is 1. The van der Waals surface area contributed by atoms with E-state index in [9.17, 15) is 4.79 Å². The Balaban J connectivity index is 0.000000226. The maximum Gasteiger partial charge on any atom is 0.330 e. The molecule has 0 radical (unpaired) electrons. The number of hydrogen-bond acceptors (Lipinski definition) is 3. The van der Waals surface area contributed by atoms with Crippen molar-refractivity contribution in [3.63, 3.8) is 0 Å². The number of carboxylic acid groups (broad SMARTS) is 1. The highest BCUT2D eigenvalue weighted by Gasteiger charge is 2.01. The van der Waals surface area contributed by atoms with Gasteiger partial charge in [0.1, 0.15) is 6.61 Å². The minimum Gasteiger partial charge on any atom is -0.479 e. The van der Waals surface area contributed by atoms with Gasteiger partial charge < -0.3 is 9.84 Å². The van der Waals surface area contributed by atoms with Crippen LogP contribution in [-0.2, 0) is 9.53 Å². The molecule has 0 amide bonds. The normalized spacial score (nSPS) is 13.5. The van der Waals surface area contributed by atoms with Crippen LogP contribution in [0.5, 0.6) is 0 Å². The van der Waals surface area contributed by atoms with Crippen molar-refractivity contribution in [2.24, 2.45) is 4.99 Å². The van der Waals surface area contributed by atoms with Crippen molar-refractivity contribution in [3.8, 4) is 0 Å². The number of rotatable bonds is 2. The molecule has 0 aliphatic carbocycles. The monoisotopic (exact) mass is 185 g/mol. The Morgan fingerprint density at radius 1 is 1.77 bits per heavy atom. The van der Waals surface area contributed by atoms with Crippen molar-refractivity contribution < 1.29 is 14.6 Å². The van der Waals surface area contributed by atoms with Crippen LogP contribution in [0.2, 0.25) is 0 Å². The zero-order valence-corrected chi connectivity index (χ0v) is 8.04. The van der Waals surface area contributed by atoms with Gasteiger partial charge in [0, 0.05) is 12.0 Å². The molecule has 0 spiro atoms. The topological polar surface area (TPSA) is 58.9 Å². The van der Waals surface area contributed by atoms with Crippen LogP contribution in [0.3, 0.4) is 0 Å². The molecular weight excluding hydrogens is 170 g/mol. The summed E-state index contributed by atoms with van der Waals surface area (Å²) >= 11 is 0. The summed E-state index contributed by atoms with van der Waals surface area (Å²) in [5.74, 6) is -0.0185. The van der Waals surface area contributed by atoms with E-state index in [2.05, 4.69) is 11.6 Å². The molecule has 1 heterocycles. The van der Waals surface area contributed by atoms with Gasteiger partial charge in [-0.25, -0.2) is 4.79 Å². The maximum absolute atomic E-state index is 9.60. The molecule has 0 atom stereocenters. The molecule has 0 aromatic carbocycles. The van der Waals surface area contributed by atoms with Gasteiger partial charge in [0.05, 0.1) is 6.54 Å². The van der Waals surface area contributed by atoms with Gasteiger partial charge in [-0.05, 0) is 6.92 Å². The first-order chi connectivity index (χ1) is 6.07. The molecule has 0 bridgehead atoms. The van der Waals surface area contributed by atoms with Gasteiger partial charge in [0.25, 0.3) is 0 Å². The van der Waals surface area contributed by atoms with Crippen molar-refractivity contribution in [2.75, 3.05) is 13.2 Å². The molecule has 4 nitrogen and oxygen atoms in total. The predicted octanol–water partition coefficient (Wildman–Crippen LogP) is 1.47. The van der Waals surface area contributed by atoms with E-state index in [4.69, 9.17) is 9.84 Å². The molecule has 0 aromatic heterocycles. The maximum atomic E-state index is 9.60. The Morgan fingerprint density at radius 2 is 2.31 bits per heavy atom. The quantitative estimate of drug-likeness (QED) is 0.663. The fourth-order valence-electron chi connectivity index (χ4n) is 0.593. The lowest BCUT2D eigenvalue weighted by Crippen LogP contribution is -1.94. The molecule has 0 saturated heterocycles. The second-order valence-corrected chi connectivity index (χ2v) is 2.56. The highest BCUT2D eigenvalue weighted by atomic mass is 16.5. The van der Waals surface area contributed by atoms with E-state index in [-0.39, 0.29) is 5.57 Å². The van der Waals surface area contributed by atoms with Gasteiger partial charge in [-0.1, -0.05) is 13.5 Å². The molecule has 74 valence electrons. The smallest absolute Gasteiger partial charge is 0.330 e. The highest BCUT2D eigenvalue weighted by Crippen LogP contribution is 1.95. The van der Waals surface area contributed by atoms with E-state index in [0.717, 1.165) is 25.5 Å². The van der Waals surface area contributed by atoms with Gasteiger partial charge in [-0.15, -0.1) is 0 Å². The van der Waals surface area contributed by atoms with Crippen LogP contribution < -0.4 is 0 Å². The summed E-state index contributed by atoms with van der Waals surface area (Å²) < 4.78 is 5.05. The summed E-state index contributed by atoms with van der Waals surface area (Å²) in [7, 11) is 0. The van der Waals surface area contributed by atoms with Gasteiger partial charge in [0.15, 0.2) is 5.90 Å². The van der Waals surface area contributed by atoms with Crippen molar-refractivity contribution in [1.29, 1.82) is 0 Å². The number of hydrogen-bond donors (Lipinski definition) is 1. The molecule has 0 aromatic rings. The van der Waals surface area contributed by atoms with Gasteiger partial charge in [-0.2, -0.15) is 0 Å². The lowest BCUT2D eigenvalue weighted by atomic mass is 10.4. The van der Waals surface area contributed by atoms with Crippen molar-refractivity contribution in [1.82, 2.24) is 0 Å². The summed E-state index contributed by atoms with van der Waals surface area (Å²) in [5, 5.41) is 7.89. The summed E-state index contributed by atoms with van der Waals surface area (Å²) in [6.45, 7) is 8.31. The van der Waals surface area contributed by atoms with E-state index in [0.29, 0.717) is 0 Å². The Morgan fingerprint density at radius 3 is 2.46 bits per heavy atom. The van der Waals surface area contributed by atoms with Crippen molar-refractivity contribution >= 4 is 11.9 Å². The Bertz CT molecular complexity index is 209. The molecule has 0 fully saturated rings. The molecule has 0 unspecified atom stereocenters. The molecular formula is C9H15NO3. The van der Waals surface area contributed by atoms with E-state index in [1.165, 1.54) is 6.92 Å². The Labute approximate surface area is 77.9 Å². The average Bonchev–Trinajstić information content (AvgIpc) is 2.56. The lowest BCUT2D eigenvalue weighted by Gasteiger charge is -1.91. The standard InChI is InChI=1S/C5H9NO.C4H6O2/c1-2-5-6-3-4-7-5;1-3(2)4(5)6/h2-4H2,1H3;1H2,2H3,(H,5,6). The highest BCUT2D eigenvalue weighted by molar-refractivity contribution is 5.84. The van der Waals surface area contributed by atoms with Crippen LogP contribution in [0.15, 0.2) is 17.1 Å². The second-order valence-electron chi connectivity index (χ2n) is 2.56. The summed E-state index contributed by atoms with van der Waals surface area (Å²) in [5.41, 5.74) is 0.176. The lowest BCUT2D eigenvalue weighted by molar-refractivity contribution is -0.132. The first-order valence-corrected chi connectivity index (χ1v) is 4.12. The molecule has 13 heavy (non-hydrogen) atoms. The van der Waals surface area contributed by atoms with Crippen molar-refractivity contribution in [3.05, 3.63) is 12.2 Å². The van der Waals surface area contributed by atoms with Gasteiger partial charge >= 0.3 is 5.97 Å². The molecule has 1 N–H and O–H groups in total. The first-order valence-electron chi connectivity index (χ1n) is 4.12. The molecule has 0 saturated carbocycles. The molecule has 1 aliphatic heterocycles. The summed E-state index contributed by atoms with van der Waals surface area (Å²) in [6.07, 6.45) is 0.944. The molecule has 1 aliphatic rings. The SMILES string of the molecule is C=C(C)C(=O)O.CCC1=NCCO1. The zero-order chi connectivity index (χ0) is 10.3. The third kappa shape index (κ3) is 5.90. The minimum absolute atomic E-state index is 0.176.